The van der Waals surface area contributed by atoms with Crippen LogP contribution in [-0.4, -0.2) is 57.7 Å². The van der Waals surface area contributed by atoms with Crippen LogP contribution >= 0.6 is 11.8 Å². The number of carbonyl (C=O) groups excluding carboxylic acids is 2. The maximum absolute atomic E-state index is 12.0. The van der Waals surface area contributed by atoms with Gasteiger partial charge < -0.3 is 10.2 Å². The van der Waals surface area contributed by atoms with E-state index in [9.17, 15) is 14.7 Å². The summed E-state index contributed by atoms with van der Waals surface area (Å²) in [6, 6.07) is 6.77. The number of imide groups is 1. The van der Waals surface area contributed by atoms with E-state index >= 15 is 0 Å². The van der Waals surface area contributed by atoms with Crippen LogP contribution in [0.1, 0.15) is 20.7 Å². The van der Waals surface area contributed by atoms with Crippen molar-refractivity contribution in [3.63, 3.8) is 0 Å². The molecular weight excluding hydrogens is 266 g/mol. The summed E-state index contributed by atoms with van der Waals surface area (Å²) in [5, 5.41) is 17.8. The van der Waals surface area contributed by atoms with Crippen molar-refractivity contribution in [3.8, 4) is 0 Å². The molecule has 0 spiro atoms. The minimum atomic E-state index is -0.757. The van der Waals surface area contributed by atoms with Crippen LogP contribution in [0, 0.1) is 0 Å². The van der Waals surface area contributed by atoms with Crippen molar-refractivity contribution in [1.29, 1.82) is 0 Å². The fraction of sp³-hybridized carbons (Fsp3) is 0.385. The van der Waals surface area contributed by atoms with E-state index in [4.69, 9.17) is 5.11 Å². The van der Waals surface area contributed by atoms with Crippen LogP contribution in [0.3, 0.4) is 0 Å². The molecule has 0 aromatic heterocycles. The first-order valence-electron chi connectivity index (χ1n) is 5.97. The molecule has 0 saturated carbocycles. The van der Waals surface area contributed by atoms with Crippen molar-refractivity contribution in [3.05, 3.63) is 35.4 Å². The fourth-order valence-electron chi connectivity index (χ4n) is 1.87. The number of nitrogens with zero attached hydrogens (tertiary/aromatic N) is 1. The molecule has 19 heavy (non-hydrogen) atoms. The van der Waals surface area contributed by atoms with E-state index in [1.54, 1.807) is 24.3 Å². The van der Waals surface area contributed by atoms with E-state index < -0.39 is 6.10 Å². The van der Waals surface area contributed by atoms with E-state index in [2.05, 4.69) is 0 Å². The highest BCUT2D eigenvalue weighted by Crippen LogP contribution is 2.22. The van der Waals surface area contributed by atoms with Crippen LogP contribution in [0.25, 0.3) is 0 Å². The molecule has 0 fully saturated rings. The molecule has 5 nitrogen and oxygen atoms in total. The predicted octanol–water partition coefficient (Wildman–Crippen LogP) is 0.369. The first kappa shape index (κ1) is 14.0. The second-order valence-corrected chi connectivity index (χ2v) is 5.37. The molecule has 0 aliphatic carbocycles. The van der Waals surface area contributed by atoms with Gasteiger partial charge in [0.1, 0.15) is 0 Å². The van der Waals surface area contributed by atoms with E-state index in [-0.39, 0.29) is 18.4 Å². The van der Waals surface area contributed by atoms with Crippen molar-refractivity contribution in [2.24, 2.45) is 0 Å². The number of thioether (sulfide) groups is 1. The minimum absolute atomic E-state index is 0.260. The molecule has 0 radical (unpaired) electrons. The van der Waals surface area contributed by atoms with E-state index in [1.165, 1.54) is 16.7 Å². The average Bonchev–Trinajstić information content (AvgIpc) is 2.68. The monoisotopic (exact) mass is 281 g/mol. The second-order valence-electron chi connectivity index (χ2n) is 4.22. The van der Waals surface area contributed by atoms with Gasteiger partial charge in [0.2, 0.25) is 0 Å². The number of carbonyl (C=O) groups is 2. The Kier molecular flexibility index (Phi) is 4.57. The predicted molar refractivity (Wildman–Crippen MR) is 72.2 cm³/mol. The minimum Gasteiger partial charge on any atom is -0.394 e. The lowest BCUT2D eigenvalue weighted by atomic mass is 10.1. The second kappa shape index (κ2) is 6.18. The molecule has 1 aliphatic rings. The Hall–Kier alpha value is -1.37. The Morgan fingerprint density at radius 2 is 1.74 bits per heavy atom. The third kappa shape index (κ3) is 2.97. The largest absolute Gasteiger partial charge is 0.394 e. The molecule has 102 valence electrons. The van der Waals surface area contributed by atoms with Gasteiger partial charge in [-0.05, 0) is 12.1 Å². The van der Waals surface area contributed by atoms with Crippen molar-refractivity contribution in [2.45, 2.75) is 6.10 Å². The first-order chi connectivity index (χ1) is 9.15. The molecule has 1 unspecified atom stereocenters. The molecule has 1 aromatic carbocycles. The van der Waals surface area contributed by atoms with Gasteiger partial charge in [0.05, 0.1) is 23.8 Å². The zero-order valence-corrected chi connectivity index (χ0v) is 11.1. The number of amides is 2. The summed E-state index contributed by atoms with van der Waals surface area (Å²) < 4.78 is 0. The van der Waals surface area contributed by atoms with Crippen LogP contribution < -0.4 is 0 Å². The molecule has 1 atom stereocenters. The van der Waals surface area contributed by atoms with E-state index in [1.807, 2.05) is 0 Å². The standard InChI is InChI=1S/C13H15NO4S/c15-7-9(16)8-19-6-5-14-12(17)10-3-1-2-4-11(10)13(14)18/h1-4,9,15-16H,5-8H2. The maximum atomic E-state index is 12.0. The maximum Gasteiger partial charge on any atom is 0.261 e. The summed E-state index contributed by atoms with van der Waals surface area (Å²) in [5.74, 6) is 0.412. The number of benzene rings is 1. The normalized spacial score (nSPS) is 15.8. The van der Waals surface area contributed by atoms with Crippen molar-refractivity contribution < 1.29 is 19.8 Å². The number of hydrogen-bond acceptors (Lipinski definition) is 5. The molecule has 2 amide bonds. The molecule has 1 aliphatic heterocycles. The van der Waals surface area contributed by atoms with Crippen molar-refractivity contribution >= 4 is 23.6 Å². The first-order valence-corrected chi connectivity index (χ1v) is 7.12. The van der Waals surface area contributed by atoms with Gasteiger partial charge in [0.15, 0.2) is 0 Å². The summed E-state index contributed by atoms with van der Waals surface area (Å²) in [4.78, 5) is 25.2. The molecule has 1 aromatic rings. The summed E-state index contributed by atoms with van der Waals surface area (Å²) in [6.45, 7) is 0.0369. The Morgan fingerprint density at radius 3 is 2.26 bits per heavy atom. The van der Waals surface area contributed by atoms with Gasteiger partial charge >= 0.3 is 0 Å². The lowest BCUT2D eigenvalue weighted by Gasteiger charge is -2.13. The number of hydrogen-bond donors (Lipinski definition) is 2. The highest BCUT2D eigenvalue weighted by Gasteiger charge is 2.34. The highest BCUT2D eigenvalue weighted by atomic mass is 32.2. The average molecular weight is 281 g/mol. The van der Waals surface area contributed by atoms with Gasteiger partial charge in [-0.2, -0.15) is 11.8 Å². The smallest absolute Gasteiger partial charge is 0.261 e. The zero-order valence-electron chi connectivity index (χ0n) is 10.3. The van der Waals surface area contributed by atoms with Gasteiger partial charge in [-0.25, -0.2) is 0 Å². The summed E-state index contributed by atoms with van der Waals surface area (Å²) >= 11 is 1.40. The zero-order chi connectivity index (χ0) is 13.8. The quantitative estimate of drug-likeness (QED) is 0.582. The molecule has 2 N–H and O–H groups in total. The summed E-state index contributed by atoms with van der Waals surface area (Å²) in [6.07, 6.45) is -0.757. The van der Waals surface area contributed by atoms with E-state index in [0.717, 1.165) is 0 Å². The summed E-state index contributed by atoms with van der Waals surface area (Å²) in [7, 11) is 0. The molecular formula is C13H15NO4S. The fourth-order valence-corrected chi connectivity index (χ4v) is 2.73. The van der Waals surface area contributed by atoms with E-state index in [0.29, 0.717) is 29.2 Å². The molecule has 1 heterocycles. The van der Waals surface area contributed by atoms with Gasteiger partial charge in [0, 0.05) is 18.1 Å². The third-order valence-electron chi connectivity index (χ3n) is 2.86. The molecule has 0 saturated heterocycles. The Labute approximate surface area is 115 Å². The Balaban J connectivity index is 1.90. The lowest BCUT2D eigenvalue weighted by Crippen LogP contribution is -2.32. The summed E-state index contributed by atoms with van der Waals surface area (Å²) in [5.41, 5.74) is 0.904. The van der Waals surface area contributed by atoms with Crippen LogP contribution in [-0.2, 0) is 0 Å². The molecule has 2 rings (SSSR count). The topological polar surface area (TPSA) is 77.8 Å². The van der Waals surface area contributed by atoms with Crippen molar-refractivity contribution in [2.75, 3.05) is 24.7 Å². The Morgan fingerprint density at radius 1 is 1.16 bits per heavy atom. The molecule has 6 heteroatoms. The highest BCUT2D eigenvalue weighted by molar-refractivity contribution is 7.99. The Bertz CT molecular complexity index is 456. The van der Waals surface area contributed by atoms with Gasteiger partial charge in [0.25, 0.3) is 11.8 Å². The number of aliphatic hydroxyl groups excluding tert-OH is 2. The third-order valence-corrected chi connectivity index (χ3v) is 3.95. The van der Waals surface area contributed by atoms with Crippen LogP contribution in [0.5, 0.6) is 0 Å². The number of fused-ring (bicyclic) bond motifs is 1. The lowest BCUT2D eigenvalue weighted by molar-refractivity contribution is 0.0664. The van der Waals surface area contributed by atoms with Gasteiger partial charge in [-0.1, -0.05) is 12.1 Å². The van der Waals surface area contributed by atoms with Crippen LogP contribution in [0.2, 0.25) is 0 Å². The van der Waals surface area contributed by atoms with Gasteiger partial charge in [-0.15, -0.1) is 0 Å². The SMILES string of the molecule is O=C1c2ccccc2C(=O)N1CCSCC(O)CO. The van der Waals surface area contributed by atoms with Crippen molar-refractivity contribution in [1.82, 2.24) is 4.90 Å². The number of rotatable bonds is 6. The van der Waals surface area contributed by atoms with Crippen LogP contribution in [0.15, 0.2) is 24.3 Å². The number of aliphatic hydroxyl groups is 2. The molecule has 0 bridgehead atoms. The van der Waals surface area contributed by atoms with Crippen LogP contribution in [0.4, 0.5) is 0 Å². The van der Waals surface area contributed by atoms with Gasteiger partial charge in [-0.3, -0.25) is 14.5 Å².